The van der Waals surface area contributed by atoms with Gasteiger partial charge < -0.3 is 14.4 Å². The number of carbonyl (C=O) groups is 2. The molecule has 0 fully saturated rings. The minimum Gasteiger partial charge on any atom is -0.497 e. The third-order valence-corrected chi connectivity index (χ3v) is 6.37. The maximum atomic E-state index is 13.9. The molecule has 7 heteroatoms. The highest BCUT2D eigenvalue weighted by Crippen LogP contribution is 2.47. The molecule has 0 spiro atoms. The molecule has 2 aromatic rings. The van der Waals surface area contributed by atoms with Crippen LogP contribution >= 0.6 is 11.6 Å². The summed E-state index contributed by atoms with van der Waals surface area (Å²) < 4.78 is 10.8. The second-order valence-corrected chi connectivity index (χ2v) is 8.36. The van der Waals surface area contributed by atoms with Gasteiger partial charge >= 0.3 is 0 Å². The molecule has 2 heterocycles. The maximum Gasteiger partial charge on any atom is 0.243 e. The second-order valence-electron chi connectivity index (χ2n) is 7.97. The minimum atomic E-state index is -1.37. The highest BCUT2D eigenvalue weighted by Gasteiger charge is 2.56. The number of pyridine rings is 1. The lowest BCUT2D eigenvalue weighted by molar-refractivity contribution is -0.151. The fourth-order valence-electron chi connectivity index (χ4n) is 4.29. The van der Waals surface area contributed by atoms with E-state index in [-0.39, 0.29) is 23.4 Å². The number of hydrogen-bond acceptors (Lipinski definition) is 5. The largest absolute Gasteiger partial charge is 0.497 e. The Balaban J connectivity index is 2.20. The van der Waals surface area contributed by atoms with Crippen molar-refractivity contribution in [2.45, 2.75) is 51.6 Å². The Bertz CT molecular complexity index is 1000. The van der Waals surface area contributed by atoms with Crippen molar-refractivity contribution < 1.29 is 19.1 Å². The summed E-state index contributed by atoms with van der Waals surface area (Å²) in [6, 6.07) is 9.04. The van der Waals surface area contributed by atoms with Crippen molar-refractivity contribution in [3.63, 3.8) is 0 Å². The average Bonchev–Trinajstić information content (AvgIpc) is 2.71. The van der Waals surface area contributed by atoms with Gasteiger partial charge in [-0.15, -0.1) is 0 Å². The molecule has 0 saturated carbocycles. The number of amides is 1. The topological polar surface area (TPSA) is 68.7 Å². The van der Waals surface area contributed by atoms with Crippen molar-refractivity contribution in [2.75, 3.05) is 14.2 Å². The first-order valence-electron chi connectivity index (χ1n) is 9.85. The van der Waals surface area contributed by atoms with Gasteiger partial charge in [-0.05, 0) is 45.4 Å². The Morgan fingerprint density at radius 2 is 1.87 bits per heavy atom. The number of fused-ring (bicyclic) bond motifs is 1. The number of nitrogens with zero attached hydrogens (tertiary/aromatic N) is 2. The highest BCUT2D eigenvalue weighted by atomic mass is 35.5. The molecule has 30 heavy (non-hydrogen) atoms. The number of rotatable bonds is 6. The Labute approximate surface area is 182 Å². The summed E-state index contributed by atoms with van der Waals surface area (Å²) in [4.78, 5) is 33.0. The van der Waals surface area contributed by atoms with Crippen LogP contribution in [0.2, 0.25) is 5.15 Å². The van der Waals surface area contributed by atoms with Crippen LogP contribution in [0.25, 0.3) is 0 Å². The molecule has 1 atom stereocenters. The zero-order valence-electron chi connectivity index (χ0n) is 18.2. The number of methoxy groups -OCH3 is 2. The third kappa shape index (κ3) is 3.23. The third-order valence-electron chi connectivity index (χ3n) is 6.16. The van der Waals surface area contributed by atoms with Gasteiger partial charge in [-0.25, -0.2) is 4.98 Å². The number of Topliss-reactive ketones (excluding diaryl/α,β-unsaturated/α-hetero) is 1. The number of hydrogen-bond donors (Lipinski definition) is 0. The Hall–Kier alpha value is -2.60. The second kappa shape index (κ2) is 7.91. The summed E-state index contributed by atoms with van der Waals surface area (Å²) in [5.41, 5.74) is 0.0195. The lowest BCUT2D eigenvalue weighted by atomic mass is 9.68. The number of ketones is 1. The van der Waals surface area contributed by atoms with Gasteiger partial charge in [0.2, 0.25) is 5.91 Å². The number of halogens is 1. The summed E-state index contributed by atoms with van der Waals surface area (Å²) in [5, 5.41) is 0.265. The van der Waals surface area contributed by atoms with E-state index in [0.717, 1.165) is 11.1 Å². The molecule has 1 aliphatic rings. The molecule has 0 bridgehead atoms. The number of carbonyl (C=O) groups excluding carboxylic acids is 2. The summed E-state index contributed by atoms with van der Waals surface area (Å²) in [5.74, 6) is 0.759. The van der Waals surface area contributed by atoms with Crippen LogP contribution in [-0.4, -0.2) is 35.8 Å². The summed E-state index contributed by atoms with van der Waals surface area (Å²) in [6.45, 7) is 7.45. The first-order chi connectivity index (χ1) is 14.1. The zero-order valence-corrected chi connectivity index (χ0v) is 19.0. The first kappa shape index (κ1) is 22.1. The molecule has 1 unspecified atom stereocenters. The normalized spacial score (nSPS) is 20.0. The van der Waals surface area contributed by atoms with E-state index in [2.05, 4.69) is 4.98 Å². The van der Waals surface area contributed by atoms with E-state index in [9.17, 15) is 9.59 Å². The van der Waals surface area contributed by atoms with Crippen molar-refractivity contribution in [3.8, 4) is 11.5 Å². The van der Waals surface area contributed by atoms with Crippen LogP contribution in [0, 0.1) is 0 Å². The van der Waals surface area contributed by atoms with Gasteiger partial charge in [-0.1, -0.05) is 24.6 Å². The van der Waals surface area contributed by atoms with Crippen LogP contribution < -0.4 is 9.47 Å². The Morgan fingerprint density at radius 3 is 2.43 bits per heavy atom. The van der Waals surface area contributed by atoms with Gasteiger partial charge in [0.25, 0.3) is 0 Å². The average molecular weight is 431 g/mol. The molecule has 1 aliphatic heterocycles. The first-order valence-corrected chi connectivity index (χ1v) is 10.2. The molecule has 0 aliphatic carbocycles. The summed E-state index contributed by atoms with van der Waals surface area (Å²) in [6.07, 6.45) is 0.299. The quantitative estimate of drug-likeness (QED) is 0.505. The molecule has 160 valence electrons. The number of benzene rings is 1. The van der Waals surface area contributed by atoms with Crippen LogP contribution in [0.3, 0.4) is 0 Å². The molecule has 1 amide bonds. The van der Waals surface area contributed by atoms with E-state index in [0.29, 0.717) is 23.6 Å². The minimum absolute atomic E-state index is 0.242. The van der Waals surface area contributed by atoms with Crippen molar-refractivity contribution in [3.05, 3.63) is 52.3 Å². The van der Waals surface area contributed by atoms with Crippen LogP contribution in [0.4, 0.5) is 0 Å². The predicted molar refractivity (Wildman–Crippen MR) is 115 cm³/mol. The van der Waals surface area contributed by atoms with Gasteiger partial charge in [0.1, 0.15) is 22.1 Å². The highest BCUT2D eigenvalue weighted by molar-refractivity contribution is 6.29. The van der Waals surface area contributed by atoms with E-state index in [1.54, 1.807) is 31.3 Å². The monoisotopic (exact) mass is 430 g/mol. The van der Waals surface area contributed by atoms with Crippen LogP contribution in [0.1, 0.15) is 50.9 Å². The van der Waals surface area contributed by atoms with Crippen LogP contribution in [0.15, 0.2) is 30.3 Å². The molecule has 1 aromatic heterocycles. The van der Waals surface area contributed by atoms with Gasteiger partial charge in [0.05, 0.1) is 32.0 Å². The van der Waals surface area contributed by atoms with E-state index in [1.165, 1.54) is 6.92 Å². The standard InChI is InChI=1S/C23H27ClN2O4/c1-7-23(14(2)27)20-17(10-11-19(24)25-20)22(3,4)26(21(23)28)13-15-8-9-16(29-5)12-18(15)30-6/h8-12H,7,13H2,1-6H3. The van der Waals surface area contributed by atoms with Crippen molar-refractivity contribution >= 4 is 23.3 Å². The van der Waals surface area contributed by atoms with Gasteiger partial charge in [0, 0.05) is 17.2 Å². The van der Waals surface area contributed by atoms with Gasteiger partial charge in [0.15, 0.2) is 5.78 Å². The van der Waals surface area contributed by atoms with Gasteiger partial charge in [-0.3, -0.25) is 9.59 Å². The summed E-state index contributed by atoms with van der Waals surface area (Å²) in [7, 11) is 3.16. The maximum absolute atomic E-state index is 13.9. The number of ether oxygens (including phenoxy) is 2. The van der Waals surface area contributed by atoms with E-state index in [4.69, 9.17) is 21.1 Å². The lowest BCUT2D eigenvalue weighted by Gasteiger charge is -2.50. The fourth-order valence-corrected chi connectivity index (χ4v) is 4.44. The van der Waals surface area contributed by atoms with Crippen molar-refractivity contribution in [1.29, 1.82) is 0 Å². The van der Waals surface area contributed by atoms with Gasteiger partial charge in [-0.2, -0.15) is 0 Å². The molecule has 0 saturated heterocycles. The SMILES string of the molecule is CCC1(C(C)=O)C(=O)N(Cc2ccc(OC)cc2OC)C(C)(C)c2ccc(Cl)nc21. The van der Waals surface area contributed by atoms with E-state index < -0.39 is 11.0 Å². The fraction of sp³-hybridized carbons (Fsp3) is 0.435. The molecular weight excluding hydrogens is 404 g/mol. The van der Waals surface area contributed by atoms with Crippen molar-refractivity contribution in [1.82, 2.24) is 9.88 Å². The van der Waals surface area contributed by atoms with Crippen LogP contribution in [-0.2, 0) is 27.1 Å². The zero-order chi connectivity index (χ0) is 22.3. The Morgan fingerprint density at radius 1 is 1.17 bits per heavy atom. The molecule has 6 nitrogen and oxygen atoms in total. The molecular formula is C23H27ClN2O4. The Kier molecular flexibility index (Phi) is 5.83. The van der Waals surface area contributed by atoms with E-state index >= 15 is 0 Å². The number of aromatic nitrogens is 1. The molecule has 0 N–H and O–H groups in total. The predicted octanol–water partition coefficient (Wildman–Crippen LogP) is 4.27. The van der Waals surface area contributed by atoms with E-state index in [1.807, 2.05) is 39.0 Å². The molecule has 0 radical (unpaired) electrons. The molecule has 3 rings (SSSR count). The smallest absolute Gasteiger partial charge is 0.243 e. The lowest BCUT2D eigenvalue weighted by Crippen LogP contribution is -2.61. The molecule has 1 aromatic carbocycles. The van der Waals surface area contributed by atoms with Crippen LogP contribution in [0.5, 0.6) is 11.5 Å². The summed E-state index contributed by atoms with van der Waals surface area (Å²) >= 11 is 6.17. The van der Waals surface area contributed by atoms with Crippen molar-refractivity contribution in [2.24, 2.45) is 0 Å².